The van der Waals surface area contributed by atoms with Crippen LogP contribution in [-0.4, -0.2) is 11.6 Å². The van der Waals surface area contributed by atoms with Gasteiger partial charge in [0, 0.05) is 11.8 Å². The predicted molar refractivity (Wildman–Crippen MR) is 58.4 cm³/mol. The van der Waals surface area contributed by atoms with Crippen LogP contribution in [0.15, 0.2) is 22.8 Å². The molecule has 2 aliphatic rings. The number of ketones is 2. The maximum absolute atomic E-state index is 12.0. The molecule has 0 fully saturated rings. The fourth-order valence-electron chi connectivity index (χ4n) is 2.56. The first kappa shape index (κ1) is 10.3. The van der Waals surface area contributed by atoms with Crippen LogP contribution in [0.4, 0.5) is 0 Å². The summed E-state index contributed by atoms with van der Waals surface area (Å²) in [6.45, 7) is 5.59. The number of fused-ring (bicyclic) bond motifs is 1. The molecule has 0 radical (unpaired) electrons. The third-order valence-corrected chi connectivity index (χ3v) is 3.72. The summed E-state index contributed by atoms with van der Waals surface area (Å²) >= 11 is 0. The SMILES string of the molecule is CC1=CCC2C(=O)C(C)=C(C)C(=O)C2C1. The van der Waals surface area contributed by atoms with E-state index in [1.165, 1.54) is 5.57 Å². The van der Waals surface area contributed by atoms with Gasteiger partial charge in [-0.3, -0.25) is 9.59 Å². The molecule has 2 heteroatoms. The van der Waals surface area contributed by atoms with Gasteiger partial charge < -0.3 is 0 Å². The minimum Gasteiger partial charge on any atom is -0.294 e. The van der Waals surface area contributed by atoms with E-state index in [4.69, 9.17) is 0 Å². The van der Waals surface area contributed by atoms with Crippen LogP contribution in [0.3, 0.4) is 0 Å². The van der Waals surface area contributed by atoms with Gasteiger partial charge in [-0.15, -0.1) is 0 Å². The van der Waals surface area contributed by atoms with Crippen LogP contribution < -0.4 is 0 Å². The van der Waals surface area contributed by atoms with E-state index in [0.29, 0.717) is 11.1 Å². The molecule has 0 heterocycles. The van der Waals surface area contributed by atoms with Gasteiger partial charge in [0.15, 0.2) is 11.6 Å². The summed E-state index contributed by atoms with van der Waals surface area (Å²) in [4.78, 5) is 24.0. The maximum atomic E-state index is 12.0. The van der Waals surface area contributed by atoms with Gasteiger partial charge in [0.1, 0.15) is 0 Å². The molecule has 80 valence electrons. The third kappa shape index (κ3) is 1.48. The molecule has 2 aliphatic carbocycles. The maximum Gasteiger partial charge on any atom is 0.163 e. The van der Waals surface area contributed by atoms with Crippen molar-refractivity contribution in [2.45, 2.75) is 33.6 Å². The Kier molecular flexibility index (Phi) is 2.37. The molecule has 0 aromatic rings. The van der Waals surface area contributed by atoms with Gasteiger partial charge in [-0.05, 0) is 44.8 Å². The van der Waals surface area contributed by atoms with Crippen molar-refractivity contribution in [2.24, 2.45) is 11.8 Å². The molecule has 0 N–H and O–H groups in total. The lowest BCUT2D eigenvalue weighted by Crippen LogP contribution is -2.38. The molecule has 0 aliphatic heterocycles. The molecule has 2 atom stereocenters. The molecular weight excluding hydrogens is 188 g/mol. The van der Waals surface area contributed by atoms with E-state index in [1.54, 1.807) is 13.8 Å². The Bertz CT molecular complexity index is 399. The fraction of sp³-hybridized carbons (Fsp3) is 0.538. The highest BCUT2D eigenvalue weighted by Gasteiger charge is 2.40. The van der Waals surface area contributed by atoms with Gasteiger partial charge in [-0.1, -0.05) is 11.6 Å². The number of Topliss-reactive ketones (excluding diaryl/α,β-unsaturated/α-hetero) is 2. The van der Waals surface area contributed by atoms with Crippen LogP contribution in [0.25, 0.3) is 0 Å². The average Bonchev–Trinajstić information content (AvgIpc) is 2.23. The molecule has 0 aromatic heterocycles. The Balaban J connectivity index is 2.42. The molecule has 0 saturated carbocycles. The predicted octanol–water partition coefficient (Wildman–Crippen LogP) is 2.45. The minimum absolute atomic E-state index is 0.0776. The monoisotopic (exact) mass is 204 g/mol. The summed E-state index contributed by atoms with van der Waals surface area (Å²) in [7, 11) is 0. The van der Waals surface area contributed by atoms with Crippen molar-refractivity contribution in [2.75, 3.05) is 0 Å². The molecule has 0 aromatic carbocycles. The van der Waals surface area contributed by atoms with E-state index in [-0.39, 0.29) is 23.4 Å². The molecule has 2 nitrogen and oxygen atoms in total. The molecule has 15 heavy (non-hydrogen) atoms. The minimum atomic E-state index is -0.0788. The average molecular weight is 204 g/mol. The Labute approximate surface area is 90.1 Å². The summed E-state index contributed by atoms with van der Waals surface area (Å²) in [6.07, 6.45) is 3.60. The molecule has 2 rings (SSSR count). The zero-order valence-corrected chi connectivity index (χ0v) is 9.46. The number of rotatable bonds is 0. The second-order valence-corrected chi connectivity index (χ2v) is 4.68. The van der Waals surface area contributed by atoms with E-state index in [0.717, 1.165) is 12.8 Å². The lowest BCUT2D eigenvalue weighted by atomic mass is 9.68. The second kappa shape index (κ2) is 3.44. The van der Waals surface area contributed by atoms with Crippen LogP contribution in [0, 0.1) is 11.8 Å². The summed E-state index contributed by atoms with van der Waals surface area (Å²) in [5.74, 6) is 0.210. The normalized spacial score (nSPS) is 31.5. The van der Waals surface area contributed by atoms with Crippen LogP contribution in [-0.2, 0) is 9.59 Å². The first-order chi connectivity index (χ1) is 7.02. The van der Waals surface area contributed by atoms with Crippen molar-refractivity contribution in [3.63, 3.8) is 0 Å². The topological polar surface area (TPSA) is 34.1 Å². The number of hydrogen-bond acceptors (Lipinski definition) is 2. The zero-order valence-electron chi connectivity index (χ0n) is 9.46. The van der Waals surface area contributed by atoms with Crippen molar-refractivity contribution in [3.05, 3.63) is 22.8 Å². The quantitative estimate of drug-likeness (QED) is 0.568. The first-order valence-corrected chi connectivity index (χ1v) is 5.44. The highest BCUT2D eigenvalue weighted by Crippen LogP contribution is 2.38. The molecule has 0 bridgehead atoms. The smallest absolute Gasteiger partial charge is 0.163 e. The summed E-state index contributed by atoms with van der Waals surface area (Å²) in [5, 5.41) is 0. The lowest BCUT2D eigenvalue weighted by molar-refractivity contribution is -0.130. The first-order valence-electron chi connectivity index (χ1n) is 5.44. The fourth-order valence-corrected chi connectivity index (χ4v) is 2.56. The van der Waals surface area contributed by atoms with Crippen LogP contribution in [0.5, 0.6) is 0 Å². The van der Waals surface area contributed by atoms with E-state index in [1.807, 2.05) is 6.92 Å². The van der Waals surface area contributed by atoms with Gasteiger partial charge in [-0.2, -0.15) is 0 Å². The van der Waals surface area contributed by atoms with E-state index >= 15 is 0 Å². The Morgan fingerprint density at radius 3 is 2.13 bits per heavy atom. The van der Waals surface area contributed by atoms with Crippen molar-refractivity contribution in [1.29, 1.82) is 0 Å². The molecule has 0 spiro atoms. The largest absolute Gasteiger partial charge is 0.294 e. The Morgan fingerprint density at radius 2 is 1.53 bits per heavy atom. The molecular formula is C13H16O2. The van der Waals surface area contributed by atoms with Crippen molar-refractivity contribution >= 4 is 11.6 Å². The molecule has 0 amide bonds. The van der Waals surface area contributed by atoms with E-state index < -0.39 is 0 Å². The standard InChI is InChI=1S/C13H16O2/c1-7-4-5-10-11(6-7)13(15)9(3)8(2)12(10)14/h4,10-11H,5-6H2,1-3H3. The van der Waals surface area contributed by atoms with Gasteiger partial charge in [-0.25, -0.2) is 0 Å². The third-order valence-electron chi connectivity index (χ3n) is 3.72. The van der Waals surface area contributed by atoms with Crippen LogP contribution in [0.1, 0.15) is 33.6 Å². The number of carbonyl (C=O) groups is 2. The highest BCUT2D eigenvalue weighted by atomic mass is 16.1. The van der Waals surface area contributed by atoms with Crippen molar-refractivity contribution in [3.8, 4) is 0 Å². The Morgan fingerprint density at radius 1 is 1.00 bits per heavy atom. The summed E-state index contributed by atoms with van der Waals surface area (Å²) in [5.41, 5.74) is 2.59. The summed E-state index contributed by atoms with van der Waals surface area (Å²) in [6, 6.07) is 0. The second-order valence-electron chi connectivity index (χ2n) is 4.68. The van der Waals surface area contributed by atoms with Crippen LogP contribution in [0.2, 0.25) is 0 Å². The molecule has 2 unspecified atom stereocenters. The highest BCUT2D eigenvalue weighted by molar-refractivity contribution is 6.13. The van der Waals surface area contributed by atoms with Crippen molar-refractivity contribution < 1.29 is 9.59 Å². The summed E-state index contributed by atoms with van der Waals surface area (Å²) < 4.78 is 0. The lowest BCUT2D eigenvalue weighted by Gasteiger charge is -2.33. The van der Waals surface area contributed by atoms with Gasteiger partial charge in [0.2, 0.25) is 0 Å². The number of allylic oxidation sites excluding steroid dienone is 4. The van der Waals surface area contributed by atoms with Gasteiger partial charge >= 0.3 is 0 Å². The zero-order chi connectivity index (χ0) is 11.2. The van der Waals surface area contributed by atoms with Gasteiger partial charge in [0.25, 0.3) is 0 Å². The Hall–Kier alpha value is -1.18. The van der Waals surface area contributed by atoms with Crippen molar-refractivity contribution in [1.82, 2.24) is 0 Å². The number of carbonyl (C=O) groups excluding carboxylic acids is 2. The van der Waals surface area contributed by atoms with E-state index in [9.17, 15) is 9.59 Å². The van der Waals surface area contributed by atoms with Gasteiger partial charge in [0.05, 0.1) is 0 Å². The van der Waals surface area contributed by atoms with Crippen LogP contribution >= 0.6 is 0 Å². The van der Waals surface area contributed by atoms with E-state index in [2.05, 4.69) is 6.08 Å². The molecule has 0 saturated heterocycles. The number of hydrogen-bond donors (Lipinski definition) is 0.